The second kappa shape index (κ2) is 7.18. The quantitative estimate of drug-likeness (QED) is 0.865. The average molecular weight is 360 g/mol. The molecule has 0 aliphatic carbocycles. The summed E-state index contributed by atoms with van der Waals surface area (Å²) >= 11 is 0. The van der Waals surface area contributed by atoms with Crippen LogP contribution in [0.5, 0.6) is 0 Å². The van der Waals surface area contributed by atoms with Gasteiger partial charge in [0.2, 0.25) is 0 Å². The van der Waals surface area contributed by atoms with E-state index >= 15 is 0 Å². The summed E-state index contributed by atoms with van der Waals surface area (Å²) in [4.78, 5) is 22.4. The number of nitrogens with one attached hydrogen (secondary N) is 1. The zero-order chi connectivity index (χ0) is 17.9. The van der Waals surface area contributed by atoms with E-state index in [-0.39, 0.29) is 23.5 Å². The minimum atomic E-state index is -3.03. The number of anilines is 1. The molecule has 2 aromatic heterocycles. The van der Waals surface area contributed by atoms with Crippen LogP contribution in [0.15, 0.2) is 42.7 Å². The minimum absolute atomic E-state index is 0.0267. The minimum Gasteiger partial charge on any atom is -0.378 e. The third-order valence-electron chi connectivity index (χ3n) is 4.26. The van der Waals surface area contributed by atoms with Crippen molar-refractivity contribution in [2.75, 3.05) is 23.9 Å². The highest BCUT2D eigenvalue weighted by Gasteiger charge is 2.33. The largest absolute Gasteiger partial charge is 0.378 e. The molecule has 25 heavy (non-hydrogen) atoms. The summed E-state index contributed by atoms with van der Waals surface area (Å²) in [6.07, 6.45) is 3.81. The molecule has 1 aliphatic heterocycles. The second-order valence-corrected chi connectivity index (χ2v) is 8.31. The number of amides is 1. The third-order valence-corrected chi connectivity index (χ3v) is 6.01. The fourth-order valence-electron chi connectivity index (χ4n) is 2.75. The summed E-state index contributed by atoms with van der Waals surface area (Å²) in [6.45, 7) is 0.565. The van der Waals surface area contributed by atoms with E-state index in [1.165, 1.54) is 4.90 Å². The lowest BCUT2D eigenvalue weighted by molar-refractivity contribution is 0.0742. The first-order valence-electron chi connectivity index (χ1n) is 8.02. The van der Waals surface area contributed by atoms with Crippen LogP contribution in [0.2, 0.25) is 0 Å². The van der Waals surface area contributed by atoms with Gasteiger partial charge in [-0.2, -0.15) is 0 Å². The molecule has 3 heterocycles. The fraction of sp³-hybridized carbons (Fsp3) is 0.353. The van der Waals surface area contributed by atoms with Gasteiger partial charge >= 0.3 is 0 Å². The Balaban J connectivity index is 1.60. The van der Waals surface area contributed by atoms with E-state index in [0.29, 0.717) is 18.7 Å². The number of hydrogen-bond acceptors (Lipinski definition) is 6. The molecule has 1 unspecified atom stereocenters. The molecule has 1 aliphatic rings. The van der Waals surface area contributed by atoms with Crippen LogP contribution in [-0.2, 0) is 16.4 Å². The first kappa shape index (κ1) is 17.3. The van der Waals surface area contributed by atoms with Gasteiger partial charge in [0.15, 0.2) is 9.84 Å². The lowest BCUT2D eigenvalue weighted by Gasteiger charge is -2.23. The van der Waals surface area contributed by atoms with Gasteiger partial charge in [-0.1, -0.05) is 6.07 Å². The summed E-state index contributed by atoms with van der Waals surface area (Å²) in [5.41, 5.74) is 1.99. The molecule has 1 fully saturated rings. The molecule has 132 valence electrons. The normalized spacial score (nSPS) is 18.7. The van der Waals surface area contributed by atoms with Crippen LogP contribution in [-0.4, -0.2) is 53.8 Å². The monoisotopic (exact) mass is 360 g/mol. The SMILES string of the molecule is CN(C(=O)c1ccc(NCc2ccccn2)cn1)C1CCS(=O)(=O)C1. The smallest absolute Gasteiger partial charge is 0.272 e. The van der Waals surface area contributed by atoms with Crippen LogP contribution < -0.4 is 5.32 Å². The summed E-state index contributed by atoms with van der Waals surface area (Å²) in [7, 11) is -1.40. The van der Waals surface area contributed by atoms with Gasteiger partial charge < -0.3 is 10.2 Å². The highest BCUT2D eigenvalue weighted by atomic mass is 32.2. The standard InChI is InChI=1S/C17H20N4O3S/c1-21(15-7-9-25(23,24)12-15)17(22)16-6-5-14(11-20-16)19-10-13-4-2-3-8-18-13/h2-6,8,11,15,19H,7,9-10,12H2,1H3. The molecule has 0 aromatic carbocycles. The Kier molecular flexibility index (Phi) is 4.98. The van der Waals surface area contributed by atoms with Crippen molar-refractivity contribution < 1.29 is 13.2 Å². The topological polar surface area (TPSA) is 92.3 Å². The molecule has 0 spiro atoms. The van der Waals surface area contributed by atoms with Crippen molar-refractivity contribution in [3.8, 4) is 0 Å². The Hall–Kier alpha value is -2.48. The molecular weight excluding hydrogens is 340 g/mol. The van der Waals surface area contributed by atoms with Crippen LogP contribution in [0.3, 0.4) is 0 Å². The number of nitrogens with zero attached hydrogens (tertiary/aromatic N) is 3. The number of carbonyl (C=O) groups excluding carboxylic acids is 1. The van der Waals surface area contributed by atoms with Gasteiger partial charge in [-0.05, 0) is 30.7 Å². The second-order valence-electron chi connectivity index (χ2n) is 6.08. The van der Waals surface area contributed by atoms with Crippen LogP contribution in [0, 0.1) is 0 Å². The molecule has 0 saturated carbocycles. The van der Waals surface area contributed by atoms with Crippen LogP contribution >= 0.6 is 0 Å². The van der Waals surface area contributed by atoms with Crippen molar-refractivity contribution in [2.24, 2.45) is 0 Å². The lowest BCUT2D eigenvalue weighted by Crippen LogP contribution is -2.38. The predicted octanol–water partition coefficient (Wildman–Crippen LogP) is 1.35. The van der Waals surface area contributed by atoms with E-state index in [1.807, 2.05) is 18.2 Å². The lowest BCUT2D eigenvalue weighted by atomic mass is 10.2. The molecule has 3 rings (SSSR count). The van der Waals surface area contributed by atoms with Crippen LogP contribution in [0.4, 0.5) is 5.69 Å². The van der Waals surface area contributed by atoms with E-state index < -0.39 is 9.84 Å². The molecule has 1 saturated heterocycles. The van der Waals surface area contributed by atoms with Gasteiger partial charge in [-0.25, -0.2) is 13.4 Å². The van der Waals surface area contributed by atoms with Gasteiger partial charge in [0, 0.05) is 19.3 Å². The number of rotatable bonds is 5. The van der Waals surface area contributed by atoms with E-state index in [9.17, 15) is 13.2 Å². The van der Waals surface area contributed by atoms with Gasteiger partial charge in [0.05, 0.1) is 35.6 Å². The number of hydrogen-bond donors (Lipinski definition) is 1. The van der Waals surface area contributed by atoms with Crippen molar-refractivity contribution in [2.45, 2.75) is 19.0 Å². The zero-order valence-corrected chi connectivity index (χ0v) is 14.7. The van der Waals surface area contributed by atoms with E-state index in [4.69, 9.17) is 0 Å². The van der Waals surface area contributed by atoms with Gasteiger partial charge in [0.25, 0.3) is 5.91 Å². The fourth-order valence-corrected chi connectivity index (χ4v) is 4.52. The average Bonchev–Trinajstić information content (AvgIpc) is 3.00. The molecule has 2 aromatic rings. The Labute approximate surface area is 147 Å². The van der Waals surface area contributed by atoms with Crippen molar-refractivity contribution in [1.82, 2.24) is 14.9 Å². The highest BCUT2D eigenvalue weighted by molar-refractivity contribution is 7.91. The Morgan fingerprint density at radius 1 is 1.28 bits per heavy atom. The molecule has 7 nitrogen and oxygen atoms in total. The van der Waals surface area contributed by atoms with Crippen molar-refractivity contribution >= 4 is 21.4 Å². The third kappa shape index (κ3) is 4.33. The summed E-state index contributed by atoms with van der Waals surface area (Å²) < 4.78 is 23.1. The van der Waals surface area contributed by atoms with Gasteiger partial charge in [-0.15, -0.1) is 0 Å². The maximum Gasteiger partial charge on any atom is 0.272 e. The molecule has 1 N–H and O–H groups in total. The number of pyridine rings is 2. The Morgan fingerprint density at radius 3 is 2.72 bits per heavy atom. The number of aromatic nitrogens is 2. The molecule has 1 amide bonds. The molecule has 0 radical (unpaired) electrons. The van der Waals surface area contributed by atoms with Gasteiger partial charge in [-0.3, -0.25) is 9.78 Å². The Morgan fingerprint density at radius 2 is 2.12 bits per heavy atom. The predicted molar refractivity (Wildman–Crippen MR) is 95.0 cm³/mol. The molecular formula is C17H20N4O3S. The zero-order valence-electron chi connectivity index (χ0n) is 13.9. The summed E-state index contributed by atoms with van der Waals surface area (Å²) in [5, 5.41) is 3.19. The Bertz CT molecular complexity index is 838. The van der Waals surface area contributed by atoms with Crippen LogP contribution in [0.1, 0.15) is 22.6 Å². The molecule has 0 bridgehead atoms. The van der Waals surface area contributed by atoms with Crippen LogP contribution in [0.25, 0.3) is 0 Å². The first-order chi connectivity index (χ1) is 11.9. The van der Waals surface area contributed by atoms with E-state index in [0.717, 1.165) is 11.4 Å². The highest BCUT2D eigenvalue weighted by Crippen LogP contribution is 2.18. The van der Waals surface area contributed by atoms with Gasteiger partial charge in [0.1, 0.15) is 5.69 Å². The molecule has 1 atom stereocenters. The van der Waals surface area contributed by atoms with E-state index in [1.54, 1.807) is 31.6 Å². The van der Waals surface area contributed by atoms with Crippen molar-refractivity contribution in [3.63, 3.8) is 0 Å². The van der Waals surface area contributed by atoms with Crippen molar-refractivity contribution in [1.29, 1.82) is 0 Å². The first-order valence-corrected chi connectivity index (χ1v) is 9.84. The maximum absolute atomic E-state index is 12.5. The number of carbonyl (C=O) groups is 1. The van der Waals surface area contributed by atoms with E-state index in [2.05, 4.69) is 15.3 Å². The number of sulfone groups is 1. The summed E-state index contributed by atoms with van der Waals surface area (Å²) in [5.74, 6) is -0.101. The maximum atomic E-state index is 12.5. The summed E-state index contributed by atoms with van der Waals surface area (Å²) in [6, 6.07) is 8.84. The van der Waals surface area contributed by atoms with Crippen molar-refractivity contribution in [3.05, 3.63) is 54.1 Å². The molecule has 8 heteroatoms.